The lowest BCUT2D eigenvalue weighted by atomic mass is 10.0. The molecule has 31 heavy (non-hydrogen) atoms. The second kappa shape index (κ2) is 11.5. The molecule has 8 heteroatoms. The van der Waals surface area contributed by atoms with E-state index in [0.29, 0.717) is 5.69 Å². The molecule has 0 radical (unpaired) electrons. The Morgan fingerprint density at radius 2 is 1.74 bits per heavy atom. The van der Waals surface area contributed by atoms with Crippen LogP contribution in [0.1, 0.15) is 47.6 Å². The van der Waals surface area contributed by atoms with E-state index in [2.05, 4.69) is 16.0 Å². The Morgan fingerprint density at radius 1 is 1.03 bits per heavy atom. The molecule has 1 aliphatic rings. The van der Waals surface area contributed by atoms with Crippen LogP contribution in [0.2, 0.25) is 0 Å². The minimum atomic E-state index is -1.000. The van der Waals surface area contributed by atoms with E-state index in [1.807, 2.05) is 37.3 Å². The number of rotatable bonds is 8. The molecule has 0 bridgehead atoms. The van der Waals surface area contributed by atoms with E-state index < -0.39 is 12.0 Å². The SMILES string of the molecule is Cc1ccc(C(CC(=O)O)NC(=O)CCC(=O)Nc2ccc3c(c2)CNCC3)cc1.Cl. The smallest absolute Gasteiger partial charge is 0.305 e. The number of carboxylic acid groups (broad SMARTS) is 1. The van der Waals surface area contributed by atoms with Gasteiger partial charge in [-0.1, -0.05) is 35.9 Å². The van der Waals surface area contributed by atoms with E-state index in [0.717, 1.165) is 30.6 Å². The number of carboxylic acids is 1. The fourth-order valence-electron chi connectivity index (χ4n) is 3.50. The molecule has 0 fully saturated rings. The first kappa shape index (κ1) is 24.4. The van der Waals surface area contributed by atoms with Gasteiger partial charge in [0.2, 0.25) is 11.8 Å². The highest BCUT2D eigenvalue weighted by Gasteiger charge is 2.19. The normalized spacial score (nSPS) is 13.3. The Balaban J connectivity index is 0.00000341. The maximum Gasteiger partial charge on any atom is 0.305 e. The molecule has 1 heterocycles. The van der Waals surface area contributed by atoms with Crippen LogP contribution in [-0.4, -0.2) is 29.4 Å². The van der Waals surface area contributed by atoms with E-state index in [-0.39, 0.29) is 43.5 Å². The van der Waals surface area contributed by atoms with Gasteiger partial charge in [0.05, 0.1) is 12.5 Å². The summed E-state index contributed by atoms with van der Waals surface area (Å²) in [4.78, 5) is 35.8. The van der Waals surface area contributed by atoms with E-state index in [4.69, 9.17) is 5.11 Å². The Labute approximate surface area is 188 Å². The van der Waals surface area contributed by atoms with Gasteiger partial charge in [-0.05, 0) is 48.7 Å². The molecular weight excluding hydrogens is 418 g/mol. The van der Waals surface area contributed by atoms with Crippen molar-refractivity contribution in [2.24, 2.45) is 0 Å². The molecule has 0 saturated carbocycles. The van der Waals surface area contributed by atoms with Gasteiger partial charge in [0, 0.05) is 25.1 Å². The zero-order chi connectivity index (χ0) is 21.5. The number of hydrogen-bond acceptors (Lipinski definition) is 4. The first-order valence-corrected chi connectivity index (χ1v) is 10.1. The maximum atomic E-state index is 12.3. The zero-order valence-electron chi connectivity index (χ0n) is 17.4. The number of aliphatic carboxylic acids is 1. The minimum absolute atomic E-state index is 0. The van der Waals surface area contributed by atoms with Crippen LogP contribution in [0.4, 0.5) is 5.69 Å². The number of hydrogen-bond donors (Lipinski definition) is 4. The van der Waals surface area contributed by atoms with E-state index in [1.54, 1.807) is 12.1 Å². The molecule has 0 saturated heterocycles. The van der Waals surface area contributed by atoms with Crippen LogP contribution >= 0.6 is 12.4 Å². The number of carbonyl (C=O) groups excluding carboxylic acids is 2. The summed E-state index contributed by atoms with van der Waals surface area (Å²) in [6, 6.07) is 12.6. The third kappa shape index (κ3) is 7.38. The lowest BCUT2D eigenvalue weighted by Gasteiger charge is -2.18. The van der Waals surface area contributed by atoms with Crippen molar-refractivity contribution in [1.29, 1.82) is 0 Å². The number of aryl methyl sites for hydroxylation is 1. The summed E-state index contributed by atoms with van der Waals surface area (Å²) in [5.74, 6) is -1.61. The monoisotopic (exact) mass is 445 g/mol. The summed E-state index contributed by atoms with van der Waals surface area (Å²) in [5, 5.41) is 18.0. The summed E-state index contributed by atoms with van der Waals surface area (Å²) in [6.07, 6.45) is 0.765. The number of nitrogens with one attached hydrogen (secondary N) is 3. The third-order valence-corrected chi connectivity index (χ3v) is 5.15. The van der Waals surface area contributed by atoms with Crippen molar-refractivity contribution >= 4 is 35.9 Å². The third-order valence-electron chi connectivity index (χ3n) is 5.15. The standard InChI is InChI=1S/C23H27N3O4.ClH/c1-15-2-4-17(5-3-15)20(13-23(29)30)26-22(28)9-8-21(27)25-19-7-6-16-10-11-24-14-18(16)12-19;/h2-7,12,20,24H,8-11,13-14H2,1H3,(H,25,27)(H,26,28)(H,29,30);1H. The number of carbonyl (C=O) groups is 3. The lowest BCUT2D eigenvalue weighted by Crippen LogP contribution is -2.30. The molecule has 0 spiro atoms. The van der Waals surface area contributed by atoms with Crippen LogP contribution in [0, 0.1) is 6.92 Å². The van der Waals surface area contributed by atoms with E-state index >= 15 is 0 Å². The molecule has 3 rings (SSSR count). The first-order chi connectivity index (χ1) is 14.4. The second-order valence-corrected chi connectivity index (χ2v) is 7.59. The van der Waals surface area contributed by atoms with Crippen LogP contribution in [0.15, 0.2) is 42.5 Å². The Morgan fingerprint density at radius 3 is 2.45 bits per heavy atom. The number of halogens is 1. The van der Waals surface area contributed by atoms with Crippen molar-refractivity contribution in [2.45, 2.75) is 45.2 Å². The average Bonchev–Trinajstić information content (AvgIpc) is 2.72. The number of anilines is 1. The minimum Gasteiger partial charge on any atom is -0.481 e. The predicted octanol–water partition coefficient (Wildman–Crippen LogP) is 3.11. The summed E-state index contributed by atoms with van der Waals surface area (Å²) < 4.78 is 0. The molecule has 1 aliphatic heterocycles. The van der Waals surface area contributed by atoms with Crippen LogP contribution in [0.5, 0.6) is 0 Å². The van der Waals surface area contributed by atoms with E-state index in [1.165, 1.54) is 11.1 Å². The molecule has 2 aromatic carbocycles. The molecule has 0 aliphatic carbocycles. The van der Waals surface area contributed by atoms with Crippen LogP contribution in [-0.2, 0) is 27.3 Å². The fraction of sp³-hybridized carbons (Fsp3) is 0.348. The largest absolute Gasteiger partial charge is 0.481 e. The molecule has 166 valence electrons. The van der Waals surface area contributed by atoms with Gasteiger partial charge in [-0.15, -0.1) is 12.4 Å². The number of benzene rings is 2. The molecule has 0 aromatic heterocycles. The van der Waals surface area contributed by atoms with Gasteiger partial charge in [-0.25, -0.2) is 0 Å². The highest BCUT2D eigenvalue weighted by atomic mass is 35.5. The van der Waals surface area contributed by atoms with Gasteiger partial charge in [0.1, 0.15) is 0 Å². The summed E-state index contributed by atoms with van der Waals surface area (Å²) >= 11 is 0. The van der Waals surface area contributed by atoms with Gasteiger partial charge in [0.25, 0.3) is 0 Å². The predicted molar refractivity (Wildman–Crippen MR) is 121 cm³/mol. The number of fused-ring (bicyclic) bond motifs is 1. The highest BCUT2D eigenvalue weighted by Crippen LogP contribution is 2.20. The topological polar surface area (TPSA) is 108 Å². The Bertz CT molecular complexity index is 931. The molecule has 2 aromatic rings. The van der Waals surface area contributed by atoms with Crippen molar-refractivity contribution in [3.8, 4) is 0 Å². The van der Waals surface area contributed by atoms with Crippen LogP contribution in [0.3, 0.4) is 0 Å². The van der Waals surface area contributed by atoms with Gasteiger partial charge in [-0.3, -0.25) is 14.4 Å². The second-order valence-electron chi connectivity index (χ2n) is 7.59. The molecule has 7 nitrogen and oxygen atoms in total. The molecule has 2 amide bonds. The van der Waals surface area contributed by atoms with Gasteiger partial charge in [0.15, 0.2) is 0 Å². The zero-order valence-corrected chi connectivity index (χ0v) is 18.3. The van der Waals surface area contributed by atoms with Crippen molar-refractivity contribution in [1.82, 2.24) is 10.6 Å². The van der Waals surface area contributed by atoms with Crippen molar-refractivity contribution in [3.05, 3.63) is 64.7 Å². The molecular formula is C23H28ClN3O4. The van der Waals surface area contributed by atoms with E-state index in [9.17, 15) is 14.4 Å². The highest BCUT2D eigenvalue weighted by molar-refractivity contribution is 5.93. The number of amides is 2. The van der Waals surface area contributed by atoms with Crippen LogP contribution < -0.4 is 16.0 Å². The van der Waals surface area contributed by atoms with Crippen LogP contribution in [0.25, 0.3) is 0 Å². The fourth-order valence-corrected chi connectivity index (χ4v) is 3.50. The average molecular weight is 446 g/mol. The summed E-state index contributed by atoms with van der Waals surface area (Å²) in [7, 11) is 0. The lowest BCUT2D eigenvalue weighted by molar-refractivity contribution is -0.138. The van der Waals surface area contributed by atoms with Crippen molar-refractivity contribution < 1.29 is 19.5 Å². The molecule has 1 atom stereocenters. The van der Waals surface area contributed by atoms with Crippen molar-refractivity contribution in [3.63, 3.8) is 0 Å². The summed E-state index contributed by atoms with van der Waals surface area (Å²) in [5.41, 5.74) is 4.95. The molecule has 4 N–H and O–H groups in total. The Hall–Kier alpha value is -2.90. The maximum absolute atomic E-state index is 12.3. The van der Waals surface area contributed by atoms with Gasteiger partial charge in [-0.2, -0.15) is 0 Å². The van der Waals surface area contributed by atoms with Gasteiger partial charge >= 0.3 is 5.97 Å². The van der Waals surface area contributed by atoms with Gasteiger partial charge < -0.3 is 21.1 Å². The Kier molecular flexibility index (Phi) is 9.03. The van der Waals surface area contributed by atoms with Crippen molar-refractivity contribution in [2.75, 3.05) is 11.9 Å². The quantitative estimate of drug-likeness (QED) is 0.499. The molecule has 1 unspecified atom stereocenters. The summed E-state index contributed by atoms with van der Waals surface area (Å²) in [6.45, 7) is 3.68. The first-order valence-electron chi connectivity index (χ1n) is 10.1.